The zero-order valence-corrected chi connectivity index (χ0v) is 24.0. The molecule has 1 aliphatic carbocycles. The van der Waals surface area contributed by atoms with E-state index in [1.165, 1.54) is 39.0 Å². The molecule has 0 heterocycles. The molecule has 151 valence electrons. The van der Waals surface area contributed by atoms with Gasteiger partial charge in [-0.3, -0.25) is 0 Å². The predicted octanol–water partition coefficient (Wildman–Crippen LogP) is 0.494. The van der Waals surface area contributed by atoms with Crippen molar-refractivity contribution in [2.75, 3.05) is 0 Å². The molecule has 0 amide bonds. The second-order valence-corrected chi connectivity index (χ2v) is 7.20. The summed E-state index contributed by atoms with van der Waals surface area (Å²) in [6, 6.07) is 10.8. The van der Waals surface area contributed by atoms with Crippen LogP contribution in [0.3, 0.4) is 0 Å². The Morgan fingerprint density at radius 1 is 0.889 bits per heavy atom. The van der Waals surface area contributed by atoms with Gasteiger partial charge in [0.15, 0.2) is 0 Å². The Bertz CT molecular complexity index is 680. The molecule has 3 radical (unpaired) electrons. The van der Waals surface area contributed by atoms with Gasteiger partial charge in [0.05, 0.1) is 0 Å². The zero-order valence-electron chi connectivity index (χ0n) is 17.9. The van der Waals surface area contributed by atoms with Crippen molar-refractivity contribution in [2.45, 2.75) is 47.1 Å². The summed E-state index contributed by atoms with van der Waals surface area (Å²) in [5, 5.41) is 0. The van der Waals surface area contributed by atoms with Gasteiger partial charge >= 0.3 is 0 Å². The van der Waals surface area contributed by atoms with E-state index in [0.717, 1.165) is 0 Å². The van der Waals surface area contributed by atoms with E-state index in [9.17, 15) is 0 Å². The van der Waals surface area contributed by atoms with Gasteiger partial charge in [0.1, 0.15) is 0 Å². The first-order valence-electron chi connectivity index (χ1n) is 8.04. The number of aryl methyl sites for hydroxylation is 2. The van der Waals surface area contributed by atoms with E-state index in [1.54, 1.807) is 0 Å². The zero-order chi connectivity index (χ0) is 16.4. The summed E-state index contributed by atoms with van der Waals surface area (Å²) in [6.07, 6.45) is 2.30. The molecule has 0 aliphatic heterocycles. The van der Waals surface area contributed by atoms with Crippen LogP contribution in [0, 0.1) is 48.5 Å². The summed E-state index contributed by atoms with van der Waals surface area (Å²) in [5.74, 6) is 0.620. The topological polar surface area (TPSA) is 0 Å². The molecule has 0 bridgehead atoms. The molecule has 3 rings (SSSR count). The second kappa shape index (κ2) is 14.9. The molecule has 2 aromatic carbocycles. The molecule has 4 heteroatoms. The fourth-order valence-electron chi connectivity index (χ4n) is 2.98. The monoisotopic (exact) mass is 586 g/mol. The van der Waals surface area contributed by atoms with Crippen LogP contribution in [0.1, 0.15) is 52.8 Å². The molecular weight excluding hydrogens is 554 g/mol. The predicted molar refractivity (Wildman–Crippen MR) is 112 cm³/mol. The van der Waals surface area contributed by atoms with Crippen LogP contribution in [-0.4, -0.2) is 10.2 Å². The van der Waals surface area contributed by atoms with Crippen LogP contribution in [0.5, 0.6) is 0 Å². The van der Waals surface area contributed by atoms with Gasteiger partial charge in [-0.15, -0.1) is 0 Å². The van der Waals surface area contributed by atoms with E-state index in [1.807, 2.05) is 0 Å². The Morgan fingerprint density at radius 2 is 1.33 bits per heavy atom. The fourth-order valence-corrected chi connectivity index (χ4v) is 3.66. The molecule has 0 saturated heterocycles. The second-order valence-electron chi connectivity index (χ2n) is 6.62. The van der Waals surface area contributed by atoms with Gasteiger partial charge < -0.3 is 39.7 Å². The average Bonchev–Trinajstić information content (AvgIpc) is 2.93. The van der Waals surface area contributed by atoms with Crippen molar-refractivity contribution in [3.05, 3.63) is 84.1 Å². The SMILES string of the molecule is CC(C)C1=Cc2ccccc2C1[Si].Cc1[cH-]c(C)c(C)c1C.[CH3-].[CH3-].[Cl-].[Cl-].[Hf]. The number of allylic oxidation sites excluding steroid dienone is 1. The number of benzene rings is 1. The van der Waals surface area contributed by atoms with Crippen LogP contribution >= 0.6 is 0 Å². The molecule has 0 fully saturated rings. The van der Waals surface area contributed by atoms with E-state index < -0.39 is 0 Å². The van der Waals surface area contributed by atoms with Gasteiger partial charge in [-0.05, 0) is 22.6 Å². The van der Waals surface area contributed by atoms with E-state index in [-0.39, 0.29) is 65.5 Å². The summed E-state index contributed by atoms with van der Waals surface area (Å²) in [6.45, 7) is 13.2. The quantitative estimate of drug-likeness (QED) is 0.338. The smallest absolute Gasteiger partial charge is 0.0392 e. The van der Waals surface area contributed by atoms with Crippen molar-refractivity contribution in [1.82, 2.24) is 0 Å². The Balaban J connectivity index is -0.000000172. The van der Waals surface area contributed by atoms with Crippen molar-refractivity contribution < 1.29 is 50.7 Å². The molecule has 0 nitrogen and oxygen atoms in total. The van der Waals surface area contributed by atoms with Gasteiger partial charge in [-0.25, -0.2) is 0 Å². The third kappa shape index (κ3) is 8.09. The number of hydrogen-bond acceptors (Lipinski definition) is 0. The molecule has 2 aromatic rings. The van der Waals surface area contributed by atoms with Crippen LogP contribution in [0.25, 0.3) is 6.08 Å². The van der Waals surface area contributed by atoms with Crippen LogP contribution < -0.4 is 24.8 Å². The standard InChI is InChI=1S/C12H13Si.C9H13.2CH3.2ClH.Hf/c1-8(2)11-7-9-5-3-4-6-10(9)12(11)13;1-6-5-7(2)9(4)8(6)3;;;;;/h3-8,12H,1-2H3;5H,1-4H3;2*1H3;2*1H;/q;3*-1;;;/p-2. The normalized spacial score (nSPS) is 13.2. The van der Waals surface area contributed by atoms with Crippen molar-refractivity contribution in [1.29, 1.82) is 0 Å². The molecule has 0 spiro atoms. The molecule has 1 unspecified atom stereocenters. The first kappa shape index (κ1) is 34.5. The summed E-state index contributed by atoms with van der Waals surface area (Å²) in [5.41, 5.74) is 10.4. The number of hydrogen-bond donors (Lipinski definition) is 0. The minimum absolute atomic E-state index is 0. The molecule has 0 aromatic heterocycles. The van der Waals surface area contributed by atoms with Crippen LogP contribution in [-0.2, 0) is 25.8 Å². The van der Waals surface area contributed by atoms with Crippen molar-refractivity contribution in [2.24, 2.45) is 5.92 Å². The van der Waals surface area contributed by atoms with Gasteiger partial charge in [-0.1, -0.05) is 77.5 Å². The minimum Gasteiger partial charge on any atom is -1.00 e. The third-order valence-corrected chi connectivity index (χ3v) is 5.45. The van der Waals surface area contributed by atoms with Crippen LogP contribution in [0.2, 0.25) is 0 Å². The van der Waals surface area contributed by atoms with Crippen molar-refractivity contribution >= 4 is 16.3 Å². The first-order valence-corrected chi connectivity index (χ1v) is 8.62. The minimum atomic E-state index is 0. The third-order valence-electron chi connectivity index (χ3n) is 4.81. The number of halogens is 2. The Morgan fingerprint density at radius 3 is 1.67 bits per heavy atom. The Kier molecular flexibility index (Phi) is 19.0. The summed E-state index contributed by atoms with van der Waals surface area (Å²) < 4.78 is 0. The Hall–Kier alpha value is -0.0230. The maximum atomic E-state index is 3.79. The molecule has 0 N–H and O–H groups in total. The Labute approximate surface area is 203 Å². The molecule has 1 atom stereocenters. The molecule has 27 heavy (non-hydrogen) atoms. The van der Waals surface area contributed by atoms with Gasteiger partial charge in [0.25, 0.3) is 0 Å². The van der Waals surface area contributed by atoms with Crippen molar-refractivity contribution in [3.8, 4) is 0 Å². The first-order chi connectivity index (χ1) is 10.3. The summed E-state index contributed by atoms with van der Waals surface area (Å²) >= 11 is 0. The van der Waals surface area contributed by atoms with Crippen LogP contribution in [0.15, 0.2) is 35.9 Å². The average molecular weight is 586 g/mol. The van der Waals surface area contributed by atoms with Gasteiger partial charge in [-0.2, -0.15) is 28.3 Å². The number of fused-ring (bicyclic) bond motifs is 1. The maximum absolute atomic E-state index is 3.79. The van der Waals surface area contributed by atoms with Crippen molar-refractivity contribution in [3.63, 3.8) is 0 Å². The molecule has 1 aliphatic rings. The summed E-state index contributed by atoms with van der Waals surface area (Å²) in [4.78, 5) is 0. The maximum Gasteiger partial charge on any atom is 0.0392 e. The van der Waals surface area contributed by atoms with Crippen LogP contribution in [0.4, 0.5) is 0 Å². The molecular formula is C23H32Cl2HfSi-5. The van der Waals surface area contributed by atoms with Gasteiger partial charge in [0, 0.05) is 36.1 Å². The van der Waals surface area contributed by atoms with E-state index in [4.69, 9.17) is 0 Å². The fraction of sp³-hybridized carbons (Fsp3) is 0.348. The number of rotatable bonds is 1. The molecule has 0 saturated carbocycles. The van der Waals surface area contributed by atoms with E-state index in [0.29, 0.717) is 11.5 Å². The van der Waals surface area contributed by atoms with E-state index in [2.05, 4.69) is 88.2 Å². The van der Waals surface area contributed by atoms with Gasteiger partial charge in [0.2, 0.25) is 0 Å². The largest absolute Gasteiger partial charge is 1.00 e. The van der Waals surface area contributed by atoms with E-state index >= 15 is 0 Å². The summed E-state index contributed by atoms with van der Waals surface area (Å²) in [7, 11) is 3.79.